The molecule has 0 saturated heterocycles. The molecule has 248 valence electrons. The van der Waals surface area contributed by atoms with Gasteiger partial charge in [-0.25, -0.2) is 0 Å². The fourth-order valence-electron chi connectivity index (χ4n) is 6.88. The van der Waals surface area contributed by atoms with E-state index in [1.807, 2.05) is 152 Å². The van der Waals surface area contributed by atoms with Gasteiger partial charge in [0.25, 0.3) is 0 Å². The molecular weight excluding hydrogens is 629 g/mol. The molecule has 1 aliphatic rings. The Morgan fingerprint density at radius 3 is 1.60 bits per heavy atom. The first-order valence-corrected chi connectivity index (χ1v) is 17.1. The van der Waals surface area contributed by atoms with E-state index >= 15 is 0 Å². The van der Waals surface area contributed by atoms with Crippen LogP contribution in [-0.4, -0.2) is 0 Å². The smallest absolute Gasteiger partial charge is 0.0645 e. The molecule has 8 aromatic carbocycles. The second kappa shape index (κ2) is 13.9. The number of anilines is 5. The summed E-state index contributed by atoms with van der Waals surface area (Å²) < 4.78 is 86.3. The molecule has 2 atom stereocenters. The van der Waals surface area contributed by atoms with E-state index in [1.165, 1.54) is 0 Å². The van der Waals surface area contributed by atoms with Crippen LogP contribution >= 0.6 is 0 Å². The molecule has 8 aromatic rings. The summed E-state index contributed by atoms with van der Waals surface area (Å²) >= 11 is 0. The van der Waals surface area contributed by atoms with Gasteiger partial charge in [-0.1, -0.05) is 145 Å². The third kappa shape index (κ3) is 6.05. The summed E-state index contributed by atoms with van der Waals surface area (Å²) in [7, 11) is 0. The van der Waals surface area contributed by atoms with E-state index < -0.39 is 30.9 Å². The summed E-state index contributed by atoms with van der Waals surface area (Å²) in [4.78, 5) is 3.53. The molecule has 9 rings (SSSR count). The van der Waals surface area contributed by atoms with Crippen LogP contribution in [0.5, 0.6) is 0 Å². The minimum absolute atomic E-state index is 0.0544. The van der Waals surface area contributed by atoms with E-state index in [0.717, 1.165) is 43.8 Å². The highest BCUT2D eigenvalue weighted by atomic mass is 15.2. The van der Waals surface area contributed by atoms with Crippen LogP contribution < -0.4 is 9.80 Å². The fraction of sp³-hybridized carbons (Fsp3) is 0.0400. The van der Waals surface area contributed by atoms with Crippen molar-refractivity contribution >= 4 is 50.0 Å². The molecule has 0 spiro atoms. The number of nitrogens with zero attached hydrogens (tertiary/aromatic N) is 2. The third-order valence-corrected chi connectivity index (χ3v) is 9.33. The van der Waals surface area contributed by atoms with Gasteiger partial charge in [-0.05, 0) is 106 Å². The van der Waals surface area contributed by atoms with Crippen molar-refractivity contribution < 1.29 is 13.7 Å². The average molecular weight is 677 g/mol. The summed E-state index contributed by atoms with van der Waals surface area (Å²) in [5, 5.41) is 3.65. The summed E-state index contributed by atoms with van der Waals surface area (Å²) in [5.74, 6) is 0. The Labute approximate surface area is 319 Å². The molecule has 0 amide bonds. The molecule has 2 unspecified atom stereocenters. The fourth-order valence-corrected chi connectivity index (χ4v) is 6.88. The second-order valence-electron chi connectivity index (χ2n) is 12.4. The lowest BCUT2D eigenvalue weighted by Crippen LogP contribution is -2.17. The van der Waals surface area contributed by atoms with Gasteiger partial charge in [0.2, 0.25) is 0 Å². The maximum atomic E-state index is 9.02. The van der Waals surface area contributed by atoms with Crippen LogP contribution in [0.25, 0.3) is 43.8 Å². The molecule has 2 nitrogen and oxygen atoms in total. The van der Waals surface area contributed by atoms with Crippen LogP contribution in [0.1, 0.15) is 26.5 Å². The third-order valence-electron chi connectivity index (χ3n) is 9.33. The zero-order valence-electron chi connectivity index (χ0n) is 38.1. The molecule has 0 heterocycles. The zero-order chi connectivity index (χ0) is 43.4. The maximum absolute atomic E-state index is 9.02. The first-order valence-electron chi connectivity index (χ1n) is 22.3. The number of hydrogen-bond donors (Lipinski definition) is 0. The number of rotatable bonds is 8. The van der Waals surface area contributed by atoms with Gasteiger partial charge in [0.05, 0.1) is 22.3 Å². The highest BCUT2D eigenvalue weighted by Gasteiger charge is 2.19. The Bertz CT molecular complexity index is 3070. The highest BCUT2D eigenvalue weighted by molar-refractivity contribution is 5.99. The van der Waals surface area contributed by atoms with Crippen molar-refractivity contribution in [3.8, 4) is 22.3 Å². The summed E-state index contributed by atoms with van der Waals surface area (Å²) in [5.41, 5.74) is 6.55. The maximum Gasteiger partial charge on any atom is 0.0645 e. The van der Waals surface area contributed by atoms with Crippen molar-refractivity contribution in [3.05, 3.63) is 212 Å². The van der Waals surface area contributed by atoms with Crippen molar-refractivity contribution in [2.45, 2.75) is 12.8 Å². The van der Waals surface area contributed by atoms with Gasteiger partial charge in [0.15, 0.2) is 0 Å². The lowest BCUT2D eigenvalue weighted by Gasteiger charge is -2.30. The van der Waals surface area contributed by atoms with Crippen molar-refractivity contribution in [1.82, 2.24) is 0 Å². The average Bonchev–Trinajstić information content (AvgIpc) is 3.31. The van der Waals surface area contributed by atoms with Crippen molar-refractivity contribution in [3.63, 3.8) is 0 Å². The second-order valence-corrected chi connectivity index (χ2v) is 12.4. The van der Waals surface area contributed by atoms with Crippen LogP contribution in [0.3, 0.4) is 0 Å². The standard InChI is InChI=1S/C50H38N2/c1-3-20-43(21-4-1)51(49-26-12-16-39-14-7-9-24-47(39)49)45-32-28-37(29-33-45)41-18-11-19-42(36-41)38-30-34-46(35-31-38)52(44-22-5-2-6-23-44)50-27-13-17-40-15-8-10-25-48(40)50/h1-5,7-22,24-36H,6,23H2/i1D,2D,3D,4D,5D,6D,20D,21D,22D,23D. The number of fused-ring (bicyclic) bond motifs is 2. The molecule has 0 fully saturated rings. The van der Waals surface area contributed by atoms with E-state index in [4.69, 9.17) is 13.7 Å². The predicted molar refractivity (Wildman–Crippen MR) is 222 cm³/mol. The lowest BCUT2D eigenvalue weighted by molar-refractivity contribution is 0.919. The Balaban J connectivity index is 1.09. The summed E-state index contributed by atoms with van der Waals surface area (Å²) in [6, 6.07) is 47.9. The number of benzene rings is 8. The van der Waals surface area contributed by atoms with Gasteiger partial charge < -0.3 is 9.80 Å². The van der Waals surface area contributed by atoms with Gasteiger partial charge in [-0.3, -0.25) is 0 Å². The molecule has 0 aromatic heterocycles. The van der Waals surface area contributed by atoms with Gasteiger partial charge in [-0.15, -0.1) is 0 Å². The summed E-state index contributed by atoms with van der Waals surface area (Å²) in [6.45, 7) is 0. The molecule has 0 radical (unpaired) electrons. The monoisotopic (exact) mass is 676 g/mol. The predicted octanol–water partition coefficient (Wildman–Crippen LogP) is 14.2. The largest absolute Gasteiger partial charge is 0.314 e. The first-order chi connectivity index (χ1) is 29.9. The quantitative estimate of drug-likeness (QED) is 0.158. The summed E-state index contributed by atoms with van der Waals surface area (Å²) in [6.07, 6.45) is -2.57. The zero-order valence-corrected chi connectivity index (χ0v) is 28.1. The van der Waals surface area contributed by atoms with Crippen LogP contribution in [0, 0.1) is 0 Å². The Hall–Kier alpha value is -6.64. The number of hydrogen-bond acceptors (Lipinski definition) is 2. The van der Waals surface area contributed by atoms with E-state index in [1.54, 1.807) is 9.80 Å². The van der Waals surface area contributed by atoms with E-state index in [2.05, 4.69) is 6.07 Å². The van der Waals surface area contributed by atoms with Crippen molar-refractivity contribution in [1.29, 1.82) is 0 Å². The Morgan fingerprint density at radius 1 is 0.462 bits per heavy atom. The molecule has 1 aliphatic carbocycles. The Morgan fingerprint density at radius 2 is 0.981 bits per heavy atom. The molecule has 0 bridgehead atoms. The highest BCUT2D eigenvalue weighted by Crippen LogP contribution is 2.41. The van der Waals surface area contributed by atoms with Crippen molar-refractivity contribution in [2.24, 2.45) is 0 Å². The SMILES string of the molecule is [2H]C1=C([2H])C([2H])C([2H])C(N(c2ccc(-c3cccc(-c4ccc(N(c5c([2H])c([2H])c([2H])c([2H])c5[2H])c5cccc6ccccc56)cc4)c3)cc2)c2cccc3ccccc23)=C1[2H]. The van der Waals surface area contributed by atoms with E-state index in [9.17, 15) is 0 Å². The molecule has 0 aliphatic heterocycles. The van der Waals surface area contributed by atoms with Gasteiger partial charge in [0, 0.05) is 36.3 Å². The number of allylic oxidation sites excluding steroid dienone is 4. The van der Waals surface area contributed by atoms with Gasteiger partial charge in [0.1, 0.15) is 0 Å². The van der Waals surface area contributed by atoms with Crippen LogP contribution in [-0.2, 0) is 0 Å². The molecule has 0 N–H and O–H groups in total. The van der Waals surface area contributed by atoms with Gasteiger partial charge in [-0.2, -0.15) is 0 Å². The Kier molecular flexibility index (Phi) is 5.96. The normalized spacial score (nSPS) is 18.6. The lowest BCUT2D eigenvalue weighted by atomic mass is 9.98. The van der Waals surface area contributed by atoms with E-state index in [-0.39, 0.29) is 41.6 Å². The van der Waals surface area contributed by atoms with Crippen LogP contribution in [0.4, 0.5) is 28.4 Å². The van der Waals surface area contributed by atoms with Gasteiger partial charge >= 0.3 is 0 Å². The first kappa shape index (κ1) is 22.2. The molecule has 0 saturated carbocycles. The van der Waals surface area contributed by atoms with Crippen LogP contribution in [0.2, 0.25) is 0 Å². The minimum Gasteiger partial charge on any atom is -0.314 e. The number of para-hydroxylation sites is 1. The molecule has 52 heavy (non-hydrogen) atoms. The van der Waals surface area contributed by atoms with E-state index in [0.29, 0.717) is 22.7 Å². The molecule has 2 heteroatoms. The minimum atomic E-state index is -1.31. The molecular formula is C50H38N2. The van der Waals surface area contributed by atoms with Crippen LogP contribution in [0.15, 0.2) is 212 Å². The van der Waals surface area contributed by atoms with Crippen molar-refractivity contribution in [2.75, 3.05) is 9.80 Å². The topological polar surface area (TPSA) is 6.48 Å².